The van der Waals surface area contributed by atoms with Crippen LogP contribution in [0.2, 0.25) is 0 Å². The molecule has 3 rings (SSSR count). The Hall–Kier alpha value is -2.74. The fourth-order valence-corrected chi connectivity index (χ4v) is 3.35. The van der Waals surface area contributed by atoms with Gasteiger partial charge in [-0.1, -0.05) is 12.1 Å². The molecular weight excluding hydrogens is 334 g/mol. The van der Waals surface area contributed by atoms with Gasteiger partial charge < -0.3 is 10.2 Å². The highest BCUT2D eigenvalue weighted by atomic mass is 16.6. The van der Waals surface area contributed by atoms with Gasteiger partial charge in [0.2, 0.25) is 5.91 Å². The number of nitro groups is 1. The lowest BCUT2D eigenvalue weighted by atomic mass is 10.1. The van der Waals surface area contributed by atoms with Gasteiger partial charge in [0.1, 0.15) is 0 Å². The van der Waals surface area contributed by atoms with Gasteiger partial charge in [0.05, 0.1) is 11.5 Å². The lowest BCUT2D eigenvalue weighted by Crippen LogP contribution is -2.49. The molecule has 1 aliphatic rings. The van der Waals surface area contributed by atoms with Crippen LogP contribution in [-0.4, -0.2) is 60.0 Å². The van der Waals surface area contributed by atoms with Crippen LogP contribution in [0.3, 0.4) is 0 Å². The zero-order chi connectivity index (χ0) is 18.7. The van der Waals surface area contributed by atoms with E-state index in [9.17, 15) is 14.9 Å². The van der Waals surface area contributed by atoms with Crippen LogP contribution in [0, 0.1) is 17.0 Å². The van der Waals surface area contributed by atoms with Gasteiger partial charge in [-0.2, -0.15) is 0 Å². The normalized spacial score (nSPS) is 15.2. The molecular formula is C18H23N5O3. The SMILES string of the molecule is CCNC(=O)CN1CCN(c2cc(C)nc3c([N+](=O)[O-])cccc23)CC1. The fraction of sp³-hybridized carbons (Fsp3) is 0.444. The van der Waals surface area contributed by atoms with Crippen LogP contribution in [0.4, 0.5) is 11.4 Å². The number of carbonyl (C=O) groups is 1. The molecule has 1 aromatic heterocycles. The Balaban J connectivity index is 1.82. The van der Waals surface area contributed by atoms with Crippen LogP contribution in [0.25, 0.3) is 10.9 Å². The molecule has 1 aromatic carbocycles. The summed E-state index contributed by atoms with van der Waals surface area (Å²) in [5, 5.41) is 14.9. The molecule has 1 fully saturated rings. The highest BCUT2D eigenvalue weighted by Gasteiger charge is 2.23. The molecule has 0 radical (unpaired) electrons. The Labute approximate surface area is 151 Å². The highest BCUT2D eigenvalue weighted by molar-refractivity contribution is 5.97. The summed E-state index contributed by atoms with van der Waals surface area (Å²) in [7, 11) is 0. The van der Waals surface area contributed by atoms with Crippen molar-refractivity contribution in [3.8, 4) is 0 Å². The van der Waals surface area contributed by atoms with Gasteiger partial charge in [-0.3, -0.25) is 19.8 Å². The van der Waals surface area contributed by atoms with Crippen molar-refractivity contribution >= 4 is 28.2 Å². The molecule has 2 heterocycles. The number of non-ortho nitro benzene ring substituents is 1. The van der Waals surface area contributed by atoms with Crippen molar-refractivity contribution in [3.63, 3.8) is 0 Å². The minimum Gasteiger partial charge on any atom is -0.368 e. The number of amides is 1. The zero-order valence-electron chi connectivity index (χ0n) is 15.1. The number of hydrogen-bond donors (Lipinski definition) is 1. The number of rotatable bonds is 5. The van der Waals surface area contributed by atoms with E-state index in [1.165, 1.54) is 6.07 Å². The van der Waals surface area contributed by atoms with Gasteiger partial charge in [-0.25, -0.2) is 4.98 Å². The van der Waals surface area contributed by atoms with E-state index in [0.717, 1.165) is 42.9 Å². The van der Waals surface area contributed by atoms with Gasteiger partial charge >= 0.3 is 0 Å². The molecule has 0 bridgehead atoms. The Morgan fingerprint density at radius 2 is 2.04 bits per heavy atom. The Kier molecular flexibility index (Phi) is 5.32. The number of aromatic nitrogens is 1. The maximum absolute atomic E-state index is 11.7. The van der Waals surface area contributed by atoms with Gasteiger partial charge in [0.25, 0.3) is 5.69 Å². The van der Waals surface area contributed by atoms with Gasteiger partial charge in [0, 0.05) is 55.6 Å². The quantitative estimate of drug-likeness (QED) is 0.647. The zero-order valence-corrected chi connectivity index (χ0v) is 15.1. The van der Waals surface area contributed by atoms with Crippen LogP contribution in [0.1, 0.15) is 12.6 Å². The van der Waals surface area contributed by atoms with Crippen LogP contribution in [-0.2, 0) is 4.79 Å². The van der Waals surface area contributed by atoms with Crippen LogP contribution in [0.5, 0.6) is 0 Å². The van der Waals surface area contributed by atoms with E-state index in [-0.39, 0.29) is 16.5 Å². The summed E-state index contributed by atoms with van der Waals surface area (Å²) in [6.07, 6.45) is 0. The lowest BCUT2D eigenvalue weighted by Gasteiger charge is -2.36. The number of hydrogen-bond acceptors (Lipinski definition) is 6. The van der Waals surface area contributed by atoms with E-state index in [1.54, 1.807) is 6.07 Å². The van der Waals surface area contributed by atoms with Crippen LogP contribution in [0.15, 0.2) is 24.3 Å². The number of aryl methyl sites for hydroxylation is 1. The summed E-state index contributed by atoms with van der Waals surface area (Å²) >= 11 is 0. The molecule has 1 N–H and O–H groups in total. The van der Waals surface area contributed by atoms with Crippen LogP contribution < -0.4 is 10.2 Å². The van der Waals surface area contributed by atoms with E-state index in [1.807, 2.05) is 26.0 Å². The number of anilines is 1. The minimum absolute atomic E-state index is 0.0299. The molecule has 0 spiro atoms. The summed E-state index contributed by atoms with van der Waals surface area (Å²) in [5.41, 5.74) is 2.18. The minimum atomic E-state index is -0.386. The Morgan fingerprint density at radius 3 is 2.69 bits per heavy atom. The molecule has 0 unspecified atom stereocenters. The first-order valence-corrected chi connectivity index (χ1v) is 8.78. The third kappa shape index (κ3) is 3.75. The first-order valence-electron chi connectivity index (χ1n) is 8.78. The number of piperazine rings is 1. The molecule has 0 atom stereocenters. The highest BCUT2D eigenvalue weighted by Crippen LogP contribution is 2.32. The number of likely N-dealkylation sites (N-methyl/N-ethyl adjacent to an activating group) is 1. The molecule has 2 aromatic rings. The summed E-state index contributed by atoms with van der Waals surface area (Å²) in [6, 6.07) is 7.05. The van der Waals surface area contributed by atoms with Crippen LogP contribution >= 0.6 is 0 Å². The standard InChI is InChI=1S/C18H23N5O3/c1-3-19-17(24)12-21-7-9-22(10-8-21)16-11-13(2)20-18-14(16)5-4-6-15(18)23(25)26/h4-6,11H,3,7-10,12H2,1-2H3,(H,19,24). The van der Waals surface area contributed by atoms with Crippen molar-refractivity contribution in [2.75, 3.05) is 44.2 Å². The Bertz CT molecular complexity index is 831. The fourth-order valence-electron chi connectivity index (χ4n) is 3.35. The maximum Gasteiger partial charge on any atom is 0.295 e. The van der Waals surface area contributed by atoms with E-state index in [0.29, 0.717) is 18.6 Å². The number of carbonyl (C=O) groups excluding carboxylic acids is 1. The largest absolute Gasteiger partial charge is 0.368 e. The van der Waals surface area contributed by atoms with Crippen molar-refractivity contribution in [1.82, 2.24) is 15.2 Å². The third-order valence-corrected chi connectivity index (χ3v) is 4.58. The number of benzene rings is 1. The summed E-state index contributed by atoms with van der Waals surface area (Å²) < 4.78 is 0. The van der Waals surface area contributed by atoms with E-state index in [4.69, 9.17) is 0 Å². The van der Waals surface area contributed by atoms with Gasteiger partial charge in [0.15, 0.2) is 5.52 Å². The molecule has 8 nitrogen and oxygen atoms in total. The average molecular weight is 357 g/mol. The number of nitro benzene ring substituents is 1. The molecule has 1 amide bonds. The molecule has 1 saturated heterocycles. The van der Waals surface area contributed by atoms with Gasteiger partial charge in [-0.05, 0) is 19.9 Å². The summed E-state index contributed by atoms with van der Waals surface area (Å²) in [4.78, 5) is 31.4. The molecule has 1 aliphatic heterocycles. The van der Waals surface area contributed by atoms with E-state index in [2.05, 4.69) is 20.1 Å². The molecule has 0 aliphatic carbocycles. The number of fused-ring (bicyclic) bond motifs is 1. The monoisotopic (exact) mass is 357 g/mol. The van der Waals surface area contributed by atoms with Gasteiger partial charge in [-0.15, -0.1) is 0 Å². The molecule has 138 valence electrons. The van der Waals surface area contributed by atoms with E-state index >= 15 is 0 Å². The van der Waals surface area contributed by atoms with Crippen molar-refractivity contribution in [3.05, 3.63) is 40.1 Å². The predicted octanol–water partition coefficient (Wildman–Crippen LogP) is 1.71. The van der Waals surface area contributed by atoms with Crippen molar-refractivity contribution in [1.29, 1.82) is 0 Å². The second-order valence-electron chi connectivity index (χ2n) is 6.43. The smallest absolute Gasteiger partial charge is 0.295 e. The number of pyridine rings is 1. The molecule has 0 saturated carbocycles. The maximum atomic E-state index is 11.7. The van der Waals surface area contributed by atoms with E-state index < -0.39 is 0 Å². The summed E-state index contributed by atoms with van der Waals surface area (Å²) in [5.74, 6) is 0.0433. The molecule has 8 heteroatoms. The number of nitrogens with one attached hydrogen (secondary N) is 1. The Morgan fingerprint density at radius 1 is 1.31 bits per heavy atom. The topological polar surface area (TPSA) is 91.6 Å². The summed E-state index contributed by atoms with van der Waals surface area (Å²) in [6.45, 7) is 7.88. The third-order valence-electron chi connectivity index (χ3n) is 4.58. The van der Waals surface area contributed by atoms with Crippen molar-refractivity contribution in [2.45, 2.75) is 13.8 Å². The average Bonchev–Trinajstić information content (AvgIpc) is 2.61. The second kappa shape index (κ2) is 7.65. The second-order valence-corrected chi connectivity index (χ2v) is 6.43. The molecule has 26 heavy (non-hydrogen) atoms. The predicted molar refractivity (Wildman–Crippen MR) is 100 cm³/mol. The number of para-hydroxylation sites is 1. The van der Waals surface area contributed by atoms with Crippen molar-refractivity contribution in [2.24, 2.45) is 0 Å². The number of nitrogens with zero attached hydrogens (tertiary/aromatic N) is 4. The van der Waals surface area contributed by atoms with Crippen molar-refractivity contribution < 1.29 is 9.72 Å². The lowest BCUT2D eigenvalue weighted by molar-refractivity contribution is -0.383. The first-order chi connectivity index (χ1) is 12.5. The first kappa shape index (κ1) is 18.1.